The highest BCUT2D eigenvalue weighted by molar-refractivity contribution is 6.30. The number of hydrogen-bond donors (Lipinski definition) is 1. The fourth-order valence-corrected chi connectivity index (χ4v) is 3.34. The third-order valence-electron chi connectivity index (χ3n) is 4.79. The normalized spacial score (nSPS) is 13.7. The molecule has 1 fully saturated rings. The van der Waals surface area contributed by atoms with Gasteiger partial charge in [0, 0.05) is 24.2 Å². The standard InChI is InChI=1S/C22H20ClFN4O3/c1-14-19(23)26-20(27-21(14)28-9-11-30-12-10-28)15-7-8-18(17(24)13-15)25-22(29)31-16-5-3-2-4-6-16/h2-8,13H,9-12H2,1H3,(H,25,29). The van der Waals surface area contributed by atoms with E-state index < -0.39 is 11.9 Å². The zero-order valence-electron chi connectivity index (χ0n) is 16.8. The number of amides is 1. The molecule has 2 aromatic carbocycles. The predicted octanol–water partition coefficient (Wildman–Crippen LogP) is 4.69. The largest absolute Gasteiger partial charge is 0.417 e. The topological polar surface area (TPSA) is 76.6 Å². The summed E-state index contributed by atoms with van der Waals surface area (Å²) in [4.78, 5) is 23.0. The van der Waals surface area contributed by atoms with Crippen LogP contribution in [0, 0.1) is 12.7 Å². The van der Waals surface area contributed by atoms with Crippen molar-refractivity contribution in [2.75, 3.05) is 36.5 Å². The molecule has 0 radical (unpaired) electrons. The molecule has 0 bridgehead atoms. The maximum Gasteiger partial charge on any atom is 0.417 e. The van der Waals surface area contributed by atoms with Crippen molar-refractivity contribution in [1.82, 2.24) is 9.97 Å². The smallest absolute Gasteiger partial charge is 0.410 e. The van der Waals surface area contributed by atoms with E-state index in [1.807, 2.05) is 6.92 Å². The molecule has 0 spiro atoms. The molecule has 31 heavy (non-hydrogen) atoms. The number of nitrogens with zero attached hydrogens (tertiary/aromatic N) is 3. The van der Waals surface area contributed by atoms with E-state index in [1.54, 1.807) is 36.4 Å². The molecule has 1 aromatic heterocycles. The molecule has 0 atom stereocenters. The average Bonchev–Trinajstić information content (AvgIpc) is 2.78. The number of para-hydroxylation sites is 1. The van der Waals surface area contributed by atoms with Gasteiger partial charge in [-0.2, -0.15) is 0 Å². The Morgan fingerprint density at radius 1 is 1.16 bits per heavy atom. The molecule has 0 saturated carbocycles. The maximum absolute atomic E-state index is 14.7. The van der Waals surface area contributed by atoms with E-state index in [-0.39, 0.29) is 5.69 Å². The second kappa shape index (κ2) is 9.28. The Bertz CT molecular complexity index is 1090. The fraction of sp³-hybridized carbons (Fsp3) is 0.227. The molecule has 1 amide bonds. The Morgan fingerprint density at radius 2 is 1.90 bits per heavy atom. The summed E-state index contributed by atoms with van der Waals surface area (Å²) in [5, 5.41) is 2.70. The van der Waals surface area contributed by atoms with Crippen LogP contribution in [0.3, 0.4) is 0 Å². The maximum atomic E-state index is 14.7. The Morgan fingerprint density at radius 3 is 2.61 bits per heavy atom. The van der Waals surface area contributed by atoms with Gasteiger partial charge in [-0.1, -0.05) is 29.8 Å². The predicted molar refractivity (Wildman–Crippen MR) is 116 cm³/mol. The molecule has 7 nitrogen and oxygen atoms in total. The van der Waals surface area contributed by atoms with Gasteiger partial charge in [0.2, 0.25) is 0 Å². The van der Waals surface area contributed by atoms with Crippen molar-refractivity contribution in [3.63, 3.8) is 0 Å². The van der Waals surface area contributed by atoms with E-state index in [0.717, 1.165) is 5.56 Å². The van der Waals surface area contributed by atoms with Crippen LogP contribution in [0.4, 0.5) is 20.7 Å². The van der Waals surface area contributed by atoms with Gasteiger partial charge in [-0.05, 0) is 37.3 Å². The molecule has 3 aromatic rings. The summed E-state index contributed by atoms with van der Waals surface area (Å²) in [5.41, 5.74) is 1.18. The lowest BCUT2D eigenvalue weighted by molar-refractivity contribution is 0.122. The number of carbonyl (C=O) groups is 1. The molecule has 0 aliphatic carbocycles. The highest BCUT2D eigenvalue weighted by Gasteiger charge is 2.19. The van der Waals surface area contributed by atoms with Crippen LogP contribution in [0.25, 0.3) is 11.4 Å². The third-order valence-corrected chi connectivity index (χ3v) is 5.16. The lowest BCUT2D eigenvalue weighted by Crippen LogP contribution is -2.37. The second-order valence-corrected chi connectivity index (χ2v) is 7.27. The minimum atomic E-state index is -0.790. The SMILES string of the molecule is Cc1c(Cl)nc(-c2ccc(NC(=O)Oc3ccccc3)c(F)c2)nc1N1CCOCC1. The zero-order valence-corrected chi connectivity index (χ0v) is 17.5. The first-order valence-corrected chi connectivity index (χ1v) is 10.1. The first-order chi connectivity index (χ1) is 15.0. The highest BCUT2D eigenvalue weighted by atomic mass is 35.5. The van der Waals surface area contributed by atoms with Crippen LogP contribution in [-0.2, 0) is 4.74 Å². The van der Waals surface area contributed by atoms with E-state index in [4.69, 9.17) is 21.1 Å². The van der Waals surface area contributed by atoms with Crippen molar-refractivity contribution in [3.05, 3.63) is 65.1 Å². The van der Waals surface area contributed by atoms with E-state index in [0.29, 0.717) is 54.4 Å². The minimum absolute atomic E-state index is 0.0173. The lowest BCUT2D eigenvalue weighted by atomic mass is 10.1. The van der Waals surface area contributed by atoms with E-state index in [9.17, 15) is 9.18 Å². The van der Waals surface area contributed by atoms with Gasteiger partial charge >= 0.3 is 6.09 Å². The van der Waals surface area contributed by atoms with Crippen molar-refractivity contribution in [2.45, 2.75) is 6.92 Å². The second-order valence-electron chi connectivity index (χ2n) is 6.91. The summed E-state index contributed by atoms with van der Waals surface area (Å²) in [6.07, 6.45) is -0.790. The Labute approximate surface area is 183 Å². The fourth-order valence-electron chi connectivity index (χ4n) is 3.18. The molecule has 1 saturated heterocycles. The third kappa shape index (κ3) is 4.92. The molecule has 160 valence electrons. The summed E-state index contributed by atoms with van der Waals surface area (Å²) in [6.45, 7) is 4.43. The highest BCUT2D eigenvalue weighted by Crippen LogP contribution is 2.29. The van der Waals surface area contributed by atoms with Crippen LogP contribution in [0.5, 0.6) is 5.75 Å². The number of hydrogen-bond acceptors (Lipinski definition) is 6. The van der Waals surface area contributed by atoms with Gasteiger partial charge in [-0.15, -0.1) is 0 Å². The number of aromatic nitrogens is 2. The summed E-state index contributed by atoms with van der Waals surface area (Å²) >= 11 is 6.33. The first-order valence-electron chi connectivity index (χ1n) is 9.72. The van der Waals surface area contributed by atoms with Crippen LogP contribution in [0.2, 0.25) is 5.15 Å². The molecule has 1 aliphatic heterocycles. The quantitative estimate of drug-likeness (QED) is 0.590. The van der Waals surface area contributed by atoms with Gasteiger partial charge in [0.1, 0.15) is 22.5 Å². The van der Waals surface area contributed by atoms with Gasteiger partial charge in [0.25, 0.3) is 0 Å². The number of carbonyl (C=O) groups excluding carboxylic acids is 1. The van der Waals surface area contributed by atoms with E-state index >= 15 is 0 Å². The minimum Gasteiger partial charge on any atom is -0.410 e. The van der Waals surface area contributed by atoms with Gasteiger partial charge in [-0.25, -0.2) is 19.2 Å². The van der Waals surface area contributed by atoms with Gasteiger partial charge in [0.05, 0.1) is 18.9 Å². The van der Waals surface area contributed by atoms with Gasteiger partial charge in [-0.3, -0.25) is 5.32 Å². The number of benzene rings is 2. The Balaban J connectivity index is 1.55. The zero-order chi connectivity index (χ0) is 21.8. The lowest BCUT2D eigenvalue weighted by Gasteiger charge is -2.29. The summed E-state index contributed by atoms with van der Waals surface area (Å²) in [7, 11) is 0. The van der Waals surface area contributed by atoms with Crippen LogP contribution >= 0.6 is 11.6 Å². The van der Waals surface area contributed by atoms with Crippen molar-refractivity contribution in [1.29, 1.82) is 0 Å². The number of nitrogens with one attached hydrogen (secondary N) is 1. The Kier molecular flexibility index (Phi) is 6.29. The molecule has 1 N–H and O–H groups in total. The molecule has 9 heteroatoms. The van der Waals surface area contributed by atoms with Gasteiger partial charge in [0.15, 0.2) is 5.82 Å². The van der Waals surface area contributed by atoms with Crippen molar-refractivity contribution in [2.24, 2.45) is 0 Å². The van der Waals surface area contributed by atoms with Gasteiger partial charge < -0.3 is 14.4 Å². The summed E-state index contributed by atoms with van der Waals surface area (Å²) in [6, 6.07) is 12.8. The molecular weight excluding hydrogens is 423 g/mol. The van der Waals surface area contributed by atoms with Crippen LogP contribution in [0.1, 0.15) is 5.56 Å². The molecule has 0 unspecified atom stereocenters. The number of halogens is 2. The summed E-state index contributed by atoms with van der Waals surface area (Å²) in [5.74, 6) is 0.716. The van der Waals surface area contributed by atoms with E-state index in [1.165, 1.54) is 12.1 Å². The average molecular weight is 443 g/mol. The molecular formula is C22H20ClFN4O3. The number of anilines is 2. The molecule has 1 aliphatic rings. The molecule has 2 heterocycles. The van der Waals surface area contributed by atoms with Crippen LogP contribution < -0.4 is 15.0 Å². The van der Waals surface area contributed by atoms with E-state index in [2.05, 4.69) is 20.2 Å². The number of ether oxygens (including phenoxy) is 2. The summed E-state index contributed by atoms with van der Waals surface area (Å²) < 4.78 is 25.2. The Hall–Kier alpha value is -3.23. The van der Waals surface area contributed by atoms with Crippen molar-refractivity contribution >= 4 is 29.2 Å². The number of morpholine rings is 1. The molecule has 4 rings (SSSR count). The number of rotatable bonds is 4. The first kappa shape index (κ1) is 21.0. The van der Waals surface area contributed by atoms with Crippen LogP contribution in [-0.4, -0.2) is 42.4 Å². The monoisotopic (exact) mass is 442 g/mol. The van der Waals surface area contributed by atoms with Crippen LogP contribution in [0.15, 0.2) is 48.5 Å². The van der Waals surface area contributed by atoms with Crippen molar-refractivity contribution < 1.29 is 18.7 Å². The van der Waals surface area contributed by atoms with Crippen molar-refractivity contribution in [3.8, 4) is 17.1 Å².